The number of hydrogen-bond acceptors (Lipinski definition) is 3. The third kappa shape index (κ3) is 4.57. The van der Waals surface area contributed by atoms with E-state index in [0.717, 1.165) is 22.6 Å². The minimum atomic E-state index is -0.261. The Morgan fingerprint density at radius 2 is 1.80 bits per heavy atom. The normalized spacial score (nSPS) is 10.1. The molecule has 0 aliphatic rings. The van der Waals surface area contributed by atoms with Gasteiger partial charge in [-0.05, 0) is 42.0 Å². The first kappa shape index (κ1) is 16.5. The van der Waals surface area contributed by atoms with E-state index in [4.69, 9.17) is 4.74 Å². The third-order valence-corrected chi connectivity index (χ3v) is 3.69. The van der Waals surface area contributed by atoms with Gasteiger partial charge in [0, 0.05) is 24.0 Å². The number of amides is 2. The minimum absolute atomic E-state index is 0.261. The van der Waals surface area contributed by atoms with E-state index in [2.05, 4.69) is 15.6 Å². The fourth-order valence-electron chi connectivity index (χ4n) is 2.38. The fourth-order valence-corrected chi connectivity index (χ4v) is 2.38. The van der Waals surface area contributed by atoms with Crippen LogP contribution in [0, 0.1) is 0 Å². The number of methoxy groups -OCH3 is 1. The number of carbonyl (C=O) groups excluding carboxylic acids is 1. The number of anilines is 1. The van der Waals surface area contributed by atoms with Crippen molar-refractivity contribution in [2.24, 2.45) is 0 Å². The maximum absolute atomic E-state index is 12.0. The Hall–Kier alpha value is -3.34. The number of carbonyl (C=O) groups is 1. The van der Waals surface area contributed by atoms with Crippen molar-refractivity contribution in [3.05, 3.63) is 78.5 Å². The zero-order chi connectivity index (χ0) is 17.5. The highest BCUT2D eigenvalue weighted by atomic mass is 16.5. The second-order valence-electron chi connectivity index (χ2n) is 5.45. The quantitative estimate of drug-likeness (QED) is 0.739. The van der Waals surface area contributed by atoms with Crippen molar-refractivity contribution in [2.75, 3.05) is 12.4 Å². The molecule has 126 valence electrons. The molecule has 0 aliphatic heterocycles. The summed E-state index contributed by atoms with van der Waals surface area (Å²) in [5, 5.41) is 5.63. The van der Waals surface area contributed by atoms with Gasteiger partial charge >= 0.3 is 6.03 Å². The van der Waals surface area contributed by atoms with Crippen LogP contribution in [-0.2, 0) is 6.54 Å². The first-order valence-electron chi connectivity index (χ1n) is 7.94. The number of aromatic nitrogens is 1. The zero-order valence-corrected chi connectivity index (χ0v) is 13.9. The Labute approximate surface area is 146 Å². The molecule has 2 aromatic carbocycles. The highest BCUT2D eigenvalue weighted by Gasteiger charge is 2.04. The second kappa shape index (κ2) is 7.97. The van der Waals surface area contributed by atoms with E-state index >= 15 is 0 Å². The number of rotatable bonds is 5. The van der Waals surface area contributed by atoms with Gasteiger partial charge in [0.1, 0.15) is 5.75 Å². The molecule has 5 heteroatoms. The summed E-state index contributed by atoms with van der Waals surface area (Å²) in [6, 6.07) is 20.7. The second-order valence-corrected chi connectivity index (χ2v) is 5.45. The van der Waals surface area contributed by atoms with Gasteiger partial charge in [-0.25, -0.2) is 4.79 Å². The van der Waals surface area contributed by atoms with Gasteiger partial charge in [0.2, 0.25) is 0 Å². The first-order chi connectivity index (χ1) is 12.2. The molecule has 0 bridgehead atoms. The molecule has 0 spiro atoms. The van der Waals surface area contributed by atoms with Crippen LogP contribution in [-0.4, -0.2) is 18.1 Å². The number of hydrogen-bond donors (Lipinski definition) is 2. The van der Waals surface area contributed by atoms with Crippen molar-refractivity contribution in [2.45, 2.75) is 6.54 Å². The summed E-state index contributed by atoms with van der Waals surface area (Å²) >= 11 is 0. The lowest BCUT2D eigenvalue weighted by molar-refractivity contribution is 0.251. The van der Waals surface area contributed by atoms with Crippen LogP contribution < -0.4 is 15.4 Å². The van der Waals surface area contributed by atoms with Gasteiger partial charge < -0.3 is 15.4 Å². The lowest BCUT2D eigenvalue weighted by Gasteiger charge is -2.09. The van der Waals surface area contributed by atoms with Crippen LogP contribution in [0.25, 0.3) is 11.3 Å². The molecule has 0 saturated heterocycles. The third-order valence-electron chi connectivity index (χ3n) is 3.69. The van der Waals surface area contributed by atoms with Crippen molar-refractivity contribution in [1.82, 2.24) is 10.3 Å². The average Bonchev–Trinajstić information content (AvgIpc) is 2.68. The molecule has 1 aromatic heterocycles. The van der Waals surface area contributed by atoms with Gasteiger partial charge in [-0.15, -0.1) is 0 Å². The minimum Gasteiger partial charge on any atom is -0.497 e. The van der Waals surface area contributed by atoms with Gasteiger partial charge in [-0.3, -0.25) is 4.98 Å². The Morgan fingerprint density at radius 3 is 2.52 bits per heavy atom. The molecule has 3 aromatic rings. The molecule has 0 saturated carbocycles. The maximum Gasteiger partial charge on any atom is 0.319 e. The van der Waals surface area contributed by atoms with Crippen LogP contribution in [0.15, 0.2) is 72.9 Å². The lowest BCUT2D eigenvalue weighted by Crippen LogP contribution is -2.28. The Bertz CT molecular complexity index is 833. The Morgan fingerprint density at radius 1 is 1.04 bits per heavy atom. The van der Waals surface area contributed by atoms with E-state index in [0.29, 0.717) is 12.2 Å². The summed E-state index contributed by atoms with van der Waals surface area (Å²) in [5.41, 5.74) is 3.62. The van der Waals surface area contributed by atoms with Crippen LogP contribution >= 0.6 is 0 Å². The standard InChI is InChI=1S/C20H19N3O2/c1-25-18-9-7-17(8-10-18)23-20(24)22-14-15-11-12-21-19(13-15)16-5-3-2-4-6-16/h2-13H,14H2,1H3,(H2,22,23,24). The van der Waals surface area contributed by atoms with Gasteiger partial charge in [0.05, 0.1) is 12.8 Å². The largest absolute Gasteiger partial charge is 0.497 e. The molecule has 0 radical (unpaired) electrons. The molecular weight excluding hydrogens is 314 g/mol. The molecule has 0 fully saturated rings. The molecule has 0 atom stereocenters. The van der Waals surface area contributed by atoms with Crippen LogP contribution in [0.5, 0.6) is 5.75 Å². The van der Waals surface area contributed by atoms with Crippen LogP contribution in [0.1, 0.15) is 5.56 Å². The molecule has 2 N–H and O–H groups in total. The lowest BCUT2D eigenvalue weighted by atomic mass is 10.1. The van der Waals surface area contributed by atoms with E-state index in [9.17, 15) is 4.79 Å². The van der Waals surface area contributed by atoms with E-state index in [1.165, 1.54) is 0 Å². The summed E-state index contributed by atoms with van der Waals surface area (Å²) in [6.07, 6.45) is 1.75. The SMILES string of the molecule is COc1ccc(NC(=O)NCc2ccnc(-c3ccccc3)c2)cc1. The van der Waals surface area contributed by atoms with Crippen molar-refractivity contribution < 1.29 is 9.53 Å². The predicted octanol–water partition coefficient (Wildman–Crippen LogP) is 4.08. The summed E-state index contributed by atoms with van der Waals surface area (Å²) in [4.78, 5) is 16.4. The Balaban J connectivity index is 1.58. The smallest absolute Gasteiger partial charge is 0.319 e. The number of nitrogens with one attached hydrogen (secondary N) is 2. The van der Waals surface area contributed by atoms with Crippen LogP contribution in [0.4, 0.5) is 10.5 Å². The molecule has 2 amide bonds. The van der Waals surface area contributed by atoms with E-state index in [1.807, 2.05) is 42.5 Å². The predicted molar refractivity (Wildman–Crippen MR) is 98.5 cm³/mol. The van der Waals surface area contributed by atoms with Gasteiger partial charge in [-0.1, -0.05) is 30.3 Å². The first-order valence-corrected chi connectivity index (χ1v) is 7.94. The molecule has 0 unspecified atom stereocenters. The fraction of sp³-hybridized carbons (Fsp3) is 0.100. The summed E-state index contributed by atoms with van der Waals surface area (Å²) in [6.45, 7) is 0.421. The summed E-state index contributed by atoms with van der Waals surface area (Å²) in [7, 11) is 1.60. The van der Waals surface area contributed by atoms with E-state index < -0.39 is 0 Å². The number of nitrogens with zero attached hydrogens (tertiary/aromatic N) is 1. The van der Waals surface area contributed by atoms with Gasteiger partial charge in [0.25, 0.3) is 0 Å². The van der Waals surface area contributed by atoms with Crippen LogP contribution in [0.2, 0.25) is 0 Å². The van der Waals surface area contributed by atoms with Crippen molar-refractivity contribution >= 4 is 11.7 Å². The molecule has 0 aliphatic carbocycles. The maximum atomic E-state index is 12.0. The molecule has 1 heterocycles. The highest BCUT2D eigenvalue weighted by molar-refractivity contribution is 5.89. The van der Waals surface area contributed by atoms with Crippen molar-refractivity contribution in [3.63, 3.8) is 0 Å². The highest BCUT2D eigenvalue weighted by Crippen LogP contribution is 2.17. The zero-order valence-electron chi connectivity index (χ0n) is 13.9. The van der Waals surface area contributed by atoms with Crippen molar-refractivity contribution in [1.29, 1.82) is 0 Å². The topological polar surface area (TPSA) is 63.2 Å². The van der Waals surface area contributed by atoms with Crippen LogP contribution in [0.3, 0.4) is 0 Å². The van der Waals surface area contributed by atoms with E-state index in [-0.39, 0.29) is 6.03 Å². The number of benzene rings is 2. The molecule has 25 heavy (non-hydrogen) atoms. The number of ether oxygens (including phenoxy) is 1. The molecule has 5 nitrogen and oxygen atoms in total. The monoisotopic (exact) mass is 333 g/mol. The summed E-state index contributed by atoms with van der Waals surface area (Å²) in [5.74, 6) is 0.746. The molecular formula is C20H19N3O2. The average molecular weight is 333 g/mol. The molecule has 3 rings (SSSR count). The number of urea groups is 1. The van der Waals surface area contributed by atoms with Crippen molar-refractivity contribution in [3.8, 4) is 17.0 Å². The Kier molecular flexibility index (Phi) is 5.26. The van der Waals surface area contributed by atoms with Gasteiger partial charge in [0.15, 0.2) is 0 Å². The number of pyridine rings is 1. The van der Waals surface area contributed by atoms with E-state index in [1.54, 1.807) is 37.6 Å². The summed E-state index contributed by atoms with van der Waals surface area (Å²) < 4.78 is 5.09. The van der Waals surface area contributed by atoms with Gasteiger partial charge in [-0.2, -0.15) is 0 Å².